The van der Waals surface area contributed by atoms with Crippen molar-refractivity contribution in [1.29, 1.82) is 0 Å². The lowest BCUT2D eigenvalue weighted by Crippen LogP contribution is -2.27. The van der Waals surface area contributed by atoms with E-state index in [1.54, 1.807) is 23.0 Å². The van der Waals surface area contributed by atoms with Gasteiger partial charge in [0.2, 0.25) is 0 Å². The number of rotatable bonds is 3. The van der Waals surface area contributed by atoms with E-state index < -0.39 is 0 Å². The highest BCUT2D eigenvalue weighted by Crippen LogP contribution is 2.27. The molecule has 1 fully saturated rings. The van der Waals surface area contributed by atoms with Gasteiger partial charge in [-0.1, -0.05) is 0 Å². The van der Waals surface area contributed by atoms with Gasteiger partial charge >= 0.3 is 0 Å². The number of carbonyl (C=O) groups excluding carboxylic acids is 1. The van der Waals surface area contributed by atoms with E-state index in [9.17, 15) is 4.79 Å². The lowest BCUT2D eigenvalue weighted by molar-refractivity contribution is 0.0945. The van der Waals surface area contributed by atoms with Crippen LogP contribution in [0.15, 0.2) is 18.6 Å². The van der Waals surface area contributed by atoms with E-state index in [4.69, 9.17) is 0 Å². The Morgan fingerprint density at radius 3 is 3.18 bits per heavy atom. The van der Waals surface area contributed by atoms with Crippen LogP contribution >= 0.6 is 0 Å². The molecule has 0 saturated heterocycles. The van der Waals surface area contributed by atoms with E-state index in [1.807, 2.05) is 6.92 Å². The lowest BCUT2D eigenvalue weighted by atomic mass is 10.3. The molecule has 0 aromatic carbocycles. The van der Waals surface area contributed by atoms with Crippen LogP contribution < -0.4 is 5.32 Å². The van der Waals surface area contributed by atoms with Gasteiger partial charge in [-0.25, -0.2) is 4.98 Å². The second kappa shape index (κ2) is 3.84. The molecular formula is C12H14N4O. The van der Waals surface area contributed by atoms with E-state index in [0.29, 0.717) is 17.3 Å². The number of hydrogen-bond donors (Lipinski definition) is 1. The number of nitrogens with zero attached hydrogens (tertiary/aromatic N) is 3. The third kappa shape index (κ3) is 1.88. The maximum atomic E-state index is 12.1. The van der Waals surface area contributed by atoms with Crippen molar-refractivity contribution in [1.82, 2.24) is 19.7 Å². The SMILES string of the molecule is Cc1nc2cnccn2c1C(=O)NCC1CC1. The highest BCUT2D eigenvalue weighted by Gasteiger charge is 2.23. The number of nitrogens with one attached hydrogen (secondary N) is 1. The van der Waals surface area contributed by atoms with Crippen molar-refractivity contribution < 1.29 is 4.79 Å². The summed E-state index contributed by atoms with van der Waals surface area (Å²) in [6.07, 6.45) is 7.55. The molecule has 5 nitrogen and oxygen atoms in total. The number of fused-ring (bicyclic) bond motifs is 1. The monoisotopic (exact) mass is 230 g/mol. The van der Waals surface area contributed by atoms with Gasteiger partial charge < -0.3 is 5.32 Å². The molecule has 1 amide bonds. The zero-order valence-corrected chi connectivity index (χ0v) is 9.68. The number of imidazole rings is 1. The average molecular weight is 230 g/mol. The third-order valence-corrected chi connectivity index (χ3v) is 3.07. The molecule has 1 aliphatic rings. The Morgan fingerprint density at radius 1 is 1.59 bits per heavy atom. The fourth-order valence-electron chi connectivity index (χ4n) is 1.94. The summed E-state index contributed by atoms with van der Waals surface area (Å²) >= 11 is 0. The third-order valence-electron chi connectivity index (χ3n) is 3.07. The molecule has 3 rings (SSSR count). The zero-order valence-electron chi connectivity index (χ0n) is 9.68. The Kier molecular flexibility index (Phi) is 2.31. The molecule has 0 bridgehead atoms. The minimum Gasteiger partial charge on any atom is -0.350 e. The van der Waals surface area contributed by atoms with Crippen molar-refractivity contribution in [3.8, 4) is 0 Å². The van der Waals surface area contributed by atoms with E-state index >= 15 is 0 Å². The fourth-order valence-corrected chi connectivity index (χ4v) is 1.94. The molecule has 5 heteroatoms. The van der Waals surface area contributed by atoms with Gasteiger partial charge in [0.05, 0.1) is 11.9 Å². The maximum absolute atomic E-state index is 12.1. The van der Waals surface area contributed by atoms with Gasteiger partial charge in [-0.2, -0.15) is 0 Å². The van der Waals surface area contributed by atoms with Crippen LogP contribution in [0.4, 0.5) is 0 Å². The normalized spacial score (nSPS) is 15.1. The Morgan fingerprint density at radius 2 is 2.41 bits per heavy atom. The van der Waals surface area contributed by atoms with Gasteiger partial charge in [0, 0.05) is 18.9 Å². The fraction of sp³-hybridized carbons (Fsp3) is 0.417. The molecule has 17 heavy (non-hydrogen) atoms. The average Bonchev–Trinajstić information content (AvgIpc) is 3.07. The van der Waals surface area contributed by atoms with E-state index in [-0.39, 0.29) is 5.91 Å². The first-order chi connectivity index (χ1) is 8.25. The van der Waals surface area contributed by atoms with E-state index in [1.165, 1.54) is 12.8 Å². The molecule has 2 aromatic rings. The molecule has 0 atom stereocenters. The van der Waals surface area contributed by atoms with Crippen LogP contribution in [0.1, 0.15) is 29.0 Å². The molecule has 0 aliphatic heterocycles. The lowest BCUT2D eigenvalue weighted by Gasteiger charge is -2.04. The van der Waals surface area contributed by atoms with Gasteiger partial charge in [-0.15, -0.1) is 0 Å². The number of aromatic nitrogens is 3. The van der Waals surface area contributed by atoms with Crippen molar-refractivity contribution in [2.75, 3.05) is 6.54 Å². The molecule has 0 spiro atoms. The first kappa shape index (κ1) is 10.3. The standard InChI is InChI=1S/C12H14N4O/c1-8-11(12(17)14-6-9-2-3-9)16-5-4-13-7-10(16)15-8/h4-5,7,9H,2-3,6H2,1H3,(H,14,17). The Bertz CT molecular complexity index is 571. The van der Waals surface area contributed by atoms with Crippen LogP contribution in [-0.2, 0) is 0 Å². The van der Waals surface area contributed by atoms with Gasteiger partial charge in [-0.05, 0) is 25.7 Å². The summed E-state index contributed by atoms with van der Waals surface area (Å²) in [6, 6.07) is 0. The molecule has 1 aliphatic carbocycles. The molecular weight excluding hydrogens is 216 g/mol. The number of hydrogen-bond acceptors (Lipinski definition) is 3. The Hall–Kier alpha value is -1.91. The second-order valence-corrected chi connectivity index (χ2v) is 4.50. The predicted octanol–water partition coefficient (Wildman–Crippen LogP) is 1.18. The first-order valence-electron chi connectivity index (χ1n) is 5.82. The van der Waals surface area contributed by atoms with Crippen LogP contribution in [0.5, 0.6) is 0 Å². The van der Waals surface area contributed by atoms with E-state index in [2.05, 4.69) is 15.3 Å². The van der Waals surface area contributed by atoms with Crippen LogP contribution in [0, 0.1) is 12.8 Å². The van der Waals surface area contributed by atoms with Gasteiger partial charge in [-0.3, -0.25) is 14.2 Å². The molecule has 0 unspecified atom stereocenters. The molecule has 2 heterocycles. The minimum atomic E-state index is -0.0481. The van der Waals surface area contributed by atoms with Gasteiger partial charge in [0.1, 0.15) is 5.69 Å². The smallest absolute Gasteiger partial charge is 0.270 e. The highest BCUT2D eigenvalue weighted by atomic mass is 16.1. The summed E-state index contributed by atoms with van der Waals surface area (Å²) in [5.74, 6) is 0.633. The number of aryl methyl sites for hydroxylation is 1. The van der Waals surface area contributed by atoms with Crippen LogP contribution in [0.2, 0.25) is 0 Å². The zero-order chi connectivity index (χ0) is 11.8. The predicted molar refractivity (Wildman–Crippen MR) is 62.8 cm³/mol. The quantitative estimate of drug-likeness (QED) is 0.861. The molecule has 0 radical (unpaired) electrons. The van der Waals surface area contributed by atoms with Crippen molar-refractivity contribution in [3.63, 3.8) is 0 Å². The molecule has 2 aromatic heterocycles. The molecule has 1 N–H and O–H groups in total. The van der Waals surface area contributed by atoms with Crippen LogP contribution in [0.25, 0.3) is 5.65 Å². The van der Waals surface area contributed by atoms with E-state index in [0.717, 1.165) is 12.2 Å². The van der Waals surface area contributed by atoms with Crippen molar-refractivity contribution in [2.24, 2.45) is 5.92 Å². The highest BCUT2D eigenvalue weighted by molar-refractivity contribution is 5.94. The maximum Gasteiger partial charge on any atom is 0.270 e. The molecule has 1 saturated carbocycles. The topological polar surface area (TPSA) is 59.3 Å². The first-order valence-corrected chi connectivity index (χ1v) is 5.82. The van der Waals surface area contributed by atoms with Crippen LogP contribution in [-0.4, -0.2) is 26.8 Å². The summed E-state index contributed by atoms with van der Waals surface area (Å²) in [5, 5.41) is 2.96. The van der Waals surface area contributed by atoms with Crippen molar-refractivity contribution >= 4 is 11.6 Å². The van der Waals surface area contributed by atoms with Gasteiger partial charge in [0.15, 0.2) is 5.65 Å². The van der Waals surface area contributed by atoms with Crippen molar-refractivity contribution in [2.45, 2.75) is 19.8 Å². The van der Waals surface area contributed by atoms with Crippen molar-refractivity contribution in [3.05, 3.63) is 30.0 Å². The van der Waals surface area contributed by atoms with Crippen LogP contribution in [0.3, 0.4) is 0 Å². The summed E-state index contributed by atoms with van der Waals surface area (Å²) in [4.78, 5) is 20.4. The number of carbonyl (C=O) groups is 1. The Labute approximate surface area is 98.9 Å². The second-order valence-electron chi connectivity index (χ2n) is 4.50. The van der Waals surface area contributed by atoms with Gasteiger partial charge in [0.25, 0.3) is 5.91 Å². The summed E-state index contributed by atoms with van der Waals surface area (Å²) < 4.78 is 1.78. The molecule has 88 valence electrons. The summed E-state index contributed by atoms with van der Waals surface area (Å²) in [6.45, 7) is 2.62. The number of amides is 1. The Balaban J connectivity index is 1.91. The largest absolute Gasteiger partial charge is 0.350 e. The minimum absolute atomic E-state index is 0.0481. The summed E-state index contributed by atoms with van der Waals surface area (Å²) in [7, 11) is 0. The summed E-state index contributed by atoms with van der Waals surface area (Å²) in [5.41, 5.74) is 2.07.